The number of aromatic nitrogens is 6. The Kier molecular flexibility index (Phi) is 6.90. The molecular formula is C31H34N8O3. The molecule has 0 saturated carbocycles. The lowest BCUT2D eigenvalue weighted by atomic mass is 10.0. The summed E-state index contributed by atoms with van der Waals surface area (Å²) in [5, 5.41) is 32.1. The van der Waals surface area contributed by atoms with Crippen molar-refractivity contribution in [3.8, 4) is 17.1 Å². The molecular weight excluding hydrogens is 532 g/mol. The molecule has 2 atom stereocenters. The zero-order chi connectivity index (χ0) is 29.5. The van der Waals surface area contributed by atoms with Crippen LogP contribution in [-0.4, -0.2) is 64.9 Å². The SMILES string of the molecule is CC(C)(C)[N+]1(C(=O)[O-])CCCC(n2ccc(NC(=O)c3ccc(-n4cc(-c5n[nH]c6ccccc56)nn4)cc3)c2)CC1. The molecule has 1 aliphatic heterocycles. The lowest BCUT2D eigenvalue weighted by Gasteiger charge is -2.47. The summed E-state index contributed by atoms with van der Waals surface area (Å²) in [6.07, 6.45) is 7.04. The molecule has 11 nitrogen and oxygen atoms in total. The van der Waals surface area contributed by atoms with E-state index in [0.717, 1.165) is 41.5 Å². The number of aromatic amines is 1. The molecule has 0 bridgehead atoms. The van der Waals surface area contributed by atoms with Crippen LogP contribution in [0.1, 0.15) is 56.4 Å². The Morgan fingerprint density at radius 1 is 1.02 bits per heavy atom. The number of H-pyrrole nitrogens is 1. The fourth-order valence-electron chi connectivity index (χ4n) is 5.99. The van der Waals surface area contributed by atoms with Gasteiger partial charge in [0.2, 0.25) is 0 Å². The van der Waals surface area contributed by atoms with Crippen molar-refractivity contribution >= 4 is 28.6 Å². The molecule has 2 amide bonds. The molecule has 6 rings (SSSR count). The average Bonchev–Trinajstić information content (AvgIpc) is 3.69. The number of nitrogens with zero attached hydrogens (tertiary/aromatic N) is 6. The maximum absolute atomic E-state index is 13.0. The molecule has 42 heavy (non-hydrogen) atoms. The summed E-state index contributed by atoms with van der Waals surface area (Å²) < 4.78 is 3.70. The Labute approximate surface area is 243 Å². The highest BCUT2D eigenvalue weighted by Crippen LogP contribution is 2.34. The Morgan fingerprint density at radius 3 is 2.57 bits per heavy atom. The molecule has 2 N–H and O–H groups in total. The van der Waals surface area contributed by atoms with Gasteiger partial charge in [-0.2, -0.15) is 5.10 Å². The minimum atomic E-state index is -1.01. The second-order valence-corrected chi connectivity index (χ2v) is 12.0. The van der Waals surface area contributed by atoms with Gasteiger partial charge < -0.3 is 19.8 Å². The van der Waals surface area contributed by atoms with E-state index in [1.807, 2.05) is 81.8 Å². The number of carboxylic acid groups (broad SMARTS) is 1. The number of fused-ring (bicyclic) bond motifs is 1. The molecule has 3 aromatic heterocycles. The summed E-state index contributed by atoms with van der Waals surface area (Å²) in [7, 11) is 0. The molecule has 0 spiro atoms. The van der Waals surface area contributed by atoms with Gasteiger partial charge in [0.15, 0.2) is 0 Å². The Bertz CT molecular complexity index is 1740. The van der Waals surface area contributed by atoms with Gasteiger partial charge in [-0.25, -0.2) is 4.68 Å². The van der Waals surface area contributed by atoms with Crippen molar-refractivity contribution in [1.29, 1.82) is 0 Å². The van der Waals surface area contributed by atoms with Crippen LogP contribution in [0.4, 0.5) is 10.5 Å². The van der Waals surface area contributed by atoms with E-state index in [-0.39, 0.29) is 16.4 Å². The third kappa shape index (κ3) is 4.96. The van der Waals surface area contributed by atoms with Crippen LogP contribution in [0, 0.1) is 0 Å². The van der Waals surface area contributed by atoms with Crippen LogP contribution in [0.3, 0.4) is 0 Å². The number of hydrogen-bond acceptors (Lipinski definition) is 6. The van der Waals surface area contributed by atoms with Crippen LogP contribution in [0.5, 0.6) is 0 Å². The van der Waals surface area contributed by atoms with E-state index in [2.05, 4.69) is 30.4 Å². The predicted octanol–water partition coefficient (Wildman–Crippen LogP) is 4.55. The van der Waals surface area contributed by atoms with E-state index in [9.17, 15) is 14.7 Å². The number of para-hydroxylation sites is 1. The molecule has 1 saturated heterocycles. The standard InChI is InChI=1S/C31H34N8O3/c1-31(2,3)39(30(41)42)17-6-7-23(15-18-39)37-16-14-22(19-37)32-29(40)21-10-12-24(13-11-21)38-20-27(34-36-38)28-25-8-4-5-9-26(25)33-35-28/h4-5,8-14,16,19-20,23H,6-7,15,17-18H2,1-3H3,(H2-,32,33,35,40,41,42). The Balaban J connectivity index is 1.11. The lowest BCUT2D eigenvalue weighted by molar-refractivity contribution is -0.919. The van der Waals surface area contributed by atoms with Gasteiger partial charge in [-0.3, -0.25) is 14.4 Å². The summed E-state index contributed by atoms with van der Waals surface area (Å²) in [5.74, 6) is -0.220. The van der Waals surface area contributed by atoms with Gasteiger partial charge in [0.25, 0.3) is 12.0 Å². The number of amides is 2. The zero-order valence-electron chi connectivity index (χ0n) is 23.9. The molecule has 216 valence electrons. The van der Waals surface area contributed by atoms with E-state index in [0.29, 0.717) is 30.0 Å². The van der Waals surface area contributed by atoms with Crippen LogP contribution in [0.15, 0.2) is 73.2 Å². The van der Waals surface area contributed by atoms with Gasteiger partial charge in [0.05, 0.1) is 41.7 Å². The molecule has 2 unspecified atom stereocenters. The second-order valence-electron chi connectivity index (χ2n) is 12.0. The number of carbonyl (C=O) groups is 2. The first-order valence-corrected chi connectivity index (χ1v) is 14.2. The first-order chi connectivity index (χ1) is 20.1. The van der Waals surface area contributed by atoms with Gasteiger partial charge in [-0.15, -0.1) is 5.10 Å². The molecule has 0 radical (unpaired) electrons. The molecule has 11 heteroatoms. The van der Waals surface area contributed by atoms with Gasteiger partial charge in [0.1, 0.15) is 11.4 Å². The van der Waals surface area contributed by atoms with Crippen molar-refractivity contribution in [2.75, 3.05) is 18.4 Å². The number of likely N-dealkylation sites (tertiary alicyclic amines) is 1. The predicted molar refractivity (Wildman–Crippen MR) is 157 cm³/mol. The fourth-order valence-corrected chi connectivity index (χ4v) is 5.99. The Hall–Kier alpha value is -4.77. The van der Waals surface area contributed by atoms with Gasteiger partial charge in [0, 0.05) is 35.8 Å². The monoisotopic (exact) mass is 566 g/mol. The van der Waals surface area contributed by atoms with Crippen molar-refractivity contribution < 1.29 is 19.2 Å². The number of quaternary nitrogens is 1. The fraction of sp³-hybridized carbons (Fsp3) is 0.323. The topological polar surface area (TPSA) is 134 Å². The lowest BCUT2D eigenvalue weighted by Crippen LogP contribution is -2.68. The molecule has 1 aliphatic rings. The molecule has 1 fully saturated rings. The van der Waals surface area contributed by atoms with Crippen LogP contribution in [-0.2, 0) is 0 Å². The number of carbonyl (C=O) groups excluding carboxylic acids is 2. The molecule has 2 aromatic carbocycles. The van der Waals surface area contributed by atoms with Crippen molar-refractivity contribution in [3.63, 3.8) is 0 Å². The number of hydrogen-bond donors (Lipinski definition) is 2. The van der Waals surface area contributed by atoms with Crippen molar-refractivity contribution in [2.45, 2.75) is 51.6 Å². The number of anilines is 1. The zero-order valence-corrected chi connectivity index (χ0v) is 23.9. The van der Waals surface area contributed by atoms with E-state index < -0.39 is 11.6 Å². The summed E-state index contributed by atoms with van der Waals surface area (Å²) in [4.78, 5) is 25.2. The van der Waals surface area contributed by atoms with Crippen LogP contribution in [0.2, 0.25) is 0 Å². The van der Waals surface area contributed by atoms with Crippen molar-refractivity contribution in [1.82, 2.24) is 29.8 Å². The van der Waals surface area contributed by atoms with Crippen molar-refractivity contribution in [3.05, 3.63) is 78.8 Å². The molecule has 0 aliphatic carbocycles. The molecule has 4 heterocycles. The maximum Gasteiger partial charge on any atom is 0.257 e. The minimum absolute atomic E-state index is 0.0415. The summed E-state index contributed by atoms with van der Waals surface area (Å²) >= 11 is 0. The third-order valence-electron chi connectivity index (χ3n) is 8.55. The highest BCUT2D eigenvalue weighted by atomic mass is 16.4. The first-order valence-electron chi connectivity index (χ1n) is 14.2. The summed E-state index contributed by atoms with van der Waals surface area (Å²) in [5.41, 5.74) is 3.84. The first kappa shape index (κ1) is 27.4. The van der Waals surface area contributed by atoms with E-state index in [1.54, 1.807) is 16.8 Å². The van der Waals surface area contributed by atoms with Gasteiger partial charge >= 0.3 is 0 Å². The number of benzene rings is 2. The second kappa shape index (κ2) is 10.6. The van der Waals surface area contributed by atoms with E-state index in [1.165, 1.54) is 0 Å². The van der Waals surface area contributed by atoms with Crippen LogP contribution >= 0.6 is 0 Å². The highest BCUT2D eigenvalue weighted by Gasteiger charge is 2.44. The quantitative estimate of drug-likeness (QED) is 0.300. The largest absolute Gasteiger partial charge is 0.498 e. The highest BCUT2D eigenvalue weighted by molar-refractivity contribution is 6.04. The van der Waals surface area contributed by atoms with E-state index >= 15 is 0 Å². The summed E-state index contributed by atoms with van der Waals surface area (Å²) in [6.45, 7) is 6.95. The average molecular weight is 567 g/mol. The normalized spacial score (nSPS) is 19.5. The van der Waals surface area contributed by atoms with Crippen LogP contribution < -0.4 is 10.4 Å². The molecule has 5 aromatic rings. The number of nitrogens with one attached hydrogen (secondary N) is 2. The Morgan fingerprint density at radius 2 is 1.81 bits per heavy atom. The van der Waals surface area contributed by atoms with Crippen molar-refractivity contribution in [2.24, 2.45) is 0 Å². The van der Waals surface area contributed by atoms with E-state index in [4.69, 9.17) is 0 Å². The van der Waals surface area contributed by atoms with Gasteiger partial charge in [-0.05, 0) is 70.0 Å². The summed E-state index contributed by atoms with van der Waals surface area (Å²) in [6, 6.07) is 17.0. The minimum Gasteiger partial charge on any atom is -0.498 e. The third-order valence-corrected chi connectivity index (χ3v) is 8.55. The van der Waals surface area contributed by atoms with Crippen LogP contribution in [0.25, 0.3) is 28.0 Å². The van der Waals surface area contributed by atoms with Gasteiger partial charge in [-0.1, -0.05) is 23.4 Å². The number of rotatable bonds is 5. The smallest absolute Gasteiger partial charge is 0.257 e. The maximum atomic E-state index is 13.0.